The van der Waals surface area contributed by atoms with Crippen LogP contribution in [0.3, 0.4) is 0 Å². The topological polar surface area (TPSA) is 32.5 Å². The van der Waals surface area contributed by atoms with Gasteiger partial charge in [-0.3, -0.25) is 4.90 Å². The summed E-state index contributed by atoms with van der Waals surface area (Å²) in [5.41, 5.74) is 7.88. The molecule has 2 rings (SSSR count). The molecule has 0 radical (unpaired) electrons. The fraction of sp³-hybridized carbons (Fsp3) is 0.571. The van der Waals surface area contributed by atoms with Crippen LogP contribution in [-0.4, -0.2) is 43.8 Å². The van der Waals surface area contributed by atoms with Crippen molar-refractivity contribution in [1.29, 1.82) is 0 Å². The van der Waals surface area contributed by atoms with Crippen LogP contribution in [0.1, 0.15) is 18.5 Å². The third kappa shape index (κ3) is 4.59. The highest BCUT2D eigenvalue weighted by Gasteiger charge is 2.32. The van der Waals surface area contributed by atoms with Gasteiger partial charge in [0.25, 0.3) is 0 Å². The second-order valence-corrected chi connectivity index (χ2v) is 6.23. The summed E-state index contributed by atoms with van der Waals surface area (Å²) >= 11 is 3.52. The summed E-state index contributed by atoms with van der Waals surface area (Å²) in [7, 11) is 0. The molecule has 21 heavy (non-hydrogen) atoms. The van der Waals surface area contributed by atoms with Crippen LogP contribution in [0, 0.1) is 0 Å². The van der Waals surface area contributed by atoms with E-state index in [2.05, 4.69) is 20.8 Å². The number of nitrogens with two attached hydrogens (primary N) is 1. The van der Waals surface area contributed by atoms with Crippen molar-refractivity contribution < 1.29 is 13.2 Å². The second-order valence-electron chi connectivity index (χ2n) is 5.38. The van der Waals surface area contributed by atoms with Gasteiger partial charge in [-0.15, -0.1) is 0 Å². The summed E-state index contributed by atoms with van der Waals surface area (Å²) in [5.74, 6) is 0. The molecule has 0 bridgehead atoms. The lowest BCUT2D eigenvalue weighted by Crippen LogP contribution is -2.49. The van der Waals surface area contributed by atoms with E-state index < -0.39 is 12.7 Å². The van der Waals surface area contributed by atoms with Crippen LogP contribution in [0.5, 0.6) is 0 Å². The lowest BCUT2D eigenvalue weighted by Gasteiger charge is -2.36. The maximum Gasteiger partial charge on any atom is 0.401 e. The van der Waals surface area contributed by atoms with Gasteiger partial charge in [0, 0.05) is 36.7 Å². The van der Waals surface area contributed by atoms with E-state index in [0.29, 0.717) is 26.2 Å². The molecule has 1 atom stereocenters. The Morgan fingerprint density at radius 3 is 2.33 bits per heavy atom. The average molecular weight is 366 g/mol. The van der Waals surface area contributed by atoms with Crippen molar-refractivity contribution in [2.75, 3.05) is 37.6 Å². The first-order chi connectivity index (χ1) is 9.76. The molecule has 3 nitrogen and oxygen atoms in total. The molecule has 1 heterocycles. The van der Waals surface area contributed by atoms with E-state index in [1.165, 1.54) is 4.90 Å². The van der Waals surface area contributed by atoms with Crippen LogP contribution in [0.4, 0.5) is 18.9 Å². The van der Waals surface area contributed by atoms with Crippen LogP contribution < -0.4 is 10.6 Å². The van der Waals surface area contributed by atoms with Gasteiger partial charge in [-0.2, -0.15) is 13.2 Å². The Labute approximate surface area is 131 Å². The van der Waals surface area contributed by atoms with Crippen molar-refractivity contribution >= 4 is 21.6 Å². The molecular weight excluding hydrogens is 347 g/mol. The van der Waals surface area contributed by atoms with E-state index in [1.807, 2.05) is 25.1 Å². The minimum atomic E-state index is -4.12. The number of anilines is 1. The van der Waals surface area contributed by atoms with Gasteiger partial charge >= 0.3 is 6.18 Å². The summed E-state index contributed by atoms with van der Waals surface area (Å²) in [6, 6.07) is 5.87. The number of hydrogen-bond donors (Lipinski definition) is 1. The summed E-state index contributed by atoms with van der Waals surface area (Å²) in [5, 5.41) is 0. The van der Waals surface area contributed by atoms with E-state index in [4.69, 9.17) is 5.73 Å². The first kappa shape index (κ1) is 16.6. The molecule has 1 fully saturated rings. The Morgan fingerprint density at radius 1 is 1.24 bits per heavy atom. The number of piperazine rings is 1. The zero-order chi connectivity index (χ0) is 15.6. The first-order valence-corrected chi connectivity index (χ1v) is 7.64. The number of nitrogens with zero attached hydrogens (tertiary/aromatic N) is 2. The number of halogens is 4. The molecule has 2 N–H and O–H groups in total. The van der Waals surface area contributed by atoms with Crippen molar-refractivity contribution in [3.8, 4) is 0 Å². The van der Waals surface area contributed by atoms with Crippen molar-refractivity contribution in [2.24, 2.45) is 5.73 Å². The third-order valence-electron chi connectivity index (χ3n) is 3.61. The van der Waals surface area contributed by atoms with Crippen molar-refractivity contribution in [3.63, 3.8) is 0 Å². The Morgan fingerprint density at radius 2 is 1.86 bits per heavy atom. The van der Waals surface area contributed by atoms with Crippen LogP contribution in [0.15, 0.2) is 22.7 Å². The Balaban J connectivity index is 1.99. The van der Waals surface area contributed by atoms with Gasteiger partial charge in [-0.25, -0.2) is 0 Å². The smallest absolute Gasteiger partial charge is 0.368 e. The zero-order valence-electron chi connectivity index (χ0n) is 11.8. The molecule has 0 aromatic heterocycles. The minimum absolute atomic E-state index is 0.0426. The van der Waals surface area contributed by atoms with Gasteiger partial charge < -0.3 is 10.6 Å². The summed E-state index contributed by atoms with van der Waals surface area (Å²) in [6.07, 6.45) is -4.12. The third-order valence-corrected chi connectivity index (χ3v) is 4.25. The Bertz CT molecular complexity index is 483. The van der Waals surface area contributed by atoms with E-state index in [9.17, 15) is 13.2 Å². The normalized spacial score (nSPS) is 18.9. The van der Waals surface area contributed by atoms with Gasteiger partial charge in [0.05, 0.1) is 12.2 Å². The minimum Gasteiger partial charge on any atom is -0.368 e. The maximum absolute atomic E-state index is 12.4. The van der Waals surface area contributed by atoms with Crippen molar-refractivity contribution in [3.05, 3.63) is 28.2 Å². The van der Waals surface area contributed by atoms with Crippen molar-refractivity contribution in [2.45, 2.75) is 19.1 Å². The maximum atomic E-state index is 12.4. The molecule has 0 amide bonds. The highest BCUT2D eigenvalue weighted by Crippen LogP contribution is 2.30. The number of rotatable bonds is 3. The number of hydrogen-bond acceptors (Lipinski definition) is 3. The van der Waals surface area contributed by atoms with E-state index >= 15 is 0 Å². The lowest BCUT2D eigenvalue weighted by atomic mass is 10.1. The zero-order valence-corrected chi connectivity index (χ0v) is 13.4. The largest absolute Gasteiger partial charge is 0.401 e. The molecule has 7 heteroatoms. The predicted molar refractivity (Wildman–Crippen MR) is 81.5 cm³/mol. The molecule has 118 valence electrons. The second kappa shape index (κ2) is 6.54. The average Bonchev–Trinajstić information content (AvgIpc) is 2.38. The van der Waals surface area contributed by atoms with Crippen LogP contribution in [0.2, 0.25) is 0 Å². The van der Waals surface area contributed by atoms with E-state index in [1.54, 1.807) is 0 Å². The monoisotopic (exact) mass is 365 g/mol. The van der Waals surface area contributed by atoms with E-state index in [0.717, 1.165) is 15.7 Å². The van der Waals surface area contributed by atoms with Crippen LogP contribution in [0.25, 0.3) is 0 Å². The molecule has 0 spiro atoms. The number of benzene rings is 1. The highest BCUT2D eigenvalue weighted by molar-refractivity contribution is 9.10. The van der Waals surface area contributed by atoms with E-state index in [-0.39, 0.29) is 6.04 Å². The van der Waals surface area contributed by atoms with Gasteiger partial charge in [-0.1, -0.05) is 6.07 Å². The fourth-order valence-electron chi connectivity index (χ4n) is 2.46. The molecular formula is C14H19BrF3N3. The molecule has 0 aliphatic carbocycles. The van der Waals surface area contributed by atoms with Gasteiger partial charge in [-0.05, 0) is 40.5 Å². The van der Waals surface area contributed by atoms with Crippen LogP contribution >= 0.6 is 15.9 Å². The Kier molecular flexibility index (Phi) is 5.16. The standard InChI is InChI=1S/C14H19BrF3N3/c1-10(19)11-2-3-13(12(15)8-11)21-6-4-20(5-7-21)9-14(16,17)18/h2-3,8,10H,4-7,9,19H2,1H3. The lowest BCUT2D eigenvalue weighted by molar-refractivity contribution is -0.146. The van der Waals surface area contributed by atoms with Gasteiger partial charge in [0.15, 0.2) is 0 Å². The fourth-order valence-corrected chi connectivity index (χ4v) is 3.11. The quantitative estimate of drug-likeness (QED) is 0.892. The van der Waals surface area contributed by atoms with Gasteiger partial charge in [0.2, 0.25) is 0 Å². The predicted octanol–water partition coefficient (Wildman–Crippen LogP) is 3.15. The molecule has 1 aliphatic rings. The SMILES string of the molecule is CC(N)c1ccc(N2CCN(CC(F)(F)F)CC2)c(Br)c1. The summed E-state index contributed by atoms with van der Waals surface area (Å²) < 4.78 is 38.0. The molecule has 1 saturated heterocycles. The van der Waals surface area contributed by atoms with Crippen molar-refractivity contribution in [1.82, 2.24) is 4.90 Å². The summed E-state index contributed by atoms with van der Waals surface area (Å²) in [4.78, 5) is 3.54. The Hall–Kier alpha value is -0.790. The van der Waals surface area contributed by atoms with Crippen LogP contribution in [-0.2, 0) is 0 Å². The highest BCUT2D eigenvalue weighted by atomic mass is 79.9. The first-order valence-electron chi connectivity index (χ1n) is 6.85. The molecule has 1 aromatic carbocycles. The molecule has 0 saturated carbocycles. The van der Waals surface area contributed by atoms with Gasteiger partial charge in [0.1, 0.15) is 0 Å². The molecule has 1 aliphatic heterocycles. The summed E-state index contributed by atoms with van der Waals surface area (Å²) in [6.45, 7) is 3.10. The molecule has 1 unspecified atom stereocenters. The molecule has 1 aromatic rings. The number of alkyl halides is 3.